The first kappa shape index (κ1) is 27.6. The molecule has 7 unspecified atom stereocenters. The highest BCUT2D eigenvalue weighted by molar-refractivity contribution is 8.01. The average molecular weight is 594 g/mol. The zero-order valence-electron chi connectivity index (χ0n) is 25.0. The number of aromatic nitrogens is 1. The van der Waals surface area contributed by atoms with Crippen molar-refractivity contribution in [1.29, 1.82) is 5.41 Å². The van der Waals surface area contributed by atoms with Gasteiger partial charge in [0.1, 0.15) is 0 Å². The maximum atomic E-state index is 8.31. The summed E-state index contributed by atoms with van der Waals surface area (Å²) in [4.78, 5) is 5.01. The summed E-state index contributed by atoms with van der Waals surface area (Å²) in [5.74, 6) is 1.88. The summed E-state index contributed by atoms with van der Waals surface area (Å²) in [6.45, 7) is 0.566. The molecule has 0 bridgehead atoms. The Morgan fingerprint density at radius 1 is 0.932 bits per heavy atom. The molecule has 1 fully saturated rings. The number of allylic oxidation sites excluding steroid dienone is 12. The van der Waals surface area contributed by atoms with Crippen LogP contribution in [-0.4, -0.2) is 34.2 Å². The van der Waals surface area contributed by atoms with Gasteiger partial charge in [-0.1, -0.05) is 103 Å². The summed E-state index contributed by atoms with van der Waals surface area (Å²) in [6.07, 6.45) is 42.6. The number of aliphatic imine (C=N–C) groups is 1. The number of hydrogen-bond acceptors (Lipinski definition) is 3. The van der Waals surface area contributed by atoms with Crippen LogP contribution in [0, 0.1) is 23.2 Å². The molecule has 7 atom stereocenters. The summed E-state index contributed by atoms with van der Waals surface area (Å²) in [7, 11) is 0. The lowest BCUT2D eigenvalue weighted by atomic mass is 9.74. The Morgan fingerprint density at radius 3 is 2.73 bits per heavy atom. The Hall–Kier alpha value is -3.89. The second-order valence-electron chi connectivity index (χ2n) is 12.7. The first-order chi connectivity index (χ1) is 21.8. The van der Waals surface area contributed by atoms with Crippen molar-refractivity contribution in [3.8, 4) is 0 Å². The lowest BCUT2D eigenvalue weighted by Crippen LogP contribution is -2.28. The molecule has 2 heterocycles. The molecule has 1 saturated heterocycles. The molecule has 0 radical (unpaired) electrons. The summed E-state index contributed by atoms with van der Waals surface area (Å²) < 4.78 is 2.32. The monoisotopic (exact) mass is 593 g/mol. The fourth-order valence-corrected chi connectivity index (χ4v) is 9.95. The van der Waals surface area contributed by atoms with Gasteiger partial charge in [0.2, 0.25) is 0 Å². The molecule has 0 spiro atoms. The molecule has 5 aliphatic carbocycles. The van der Waals surface area contributed by atoms with Crippen molar-refractivity contribution < 1.29 is 0 Å². The van der Waals surface area contributed by atoms with Gasteiger partial charge < -0.3 is 9.98 Å². The quantitative estimate of drug-likeness (QED) is 0.253. The van der Waals surface area contributed by atoms with Crippen LogP contribution in [0.25, 0.3) is 12.2 Å². The Morgan fingerprint density at radius 2 is 1.82 bits per heavy atom. The van der Waals surface area contributed by atoms with Crippen molar-refractivity contribution in [2.24, 2.45) is 22.7 Å². The SMILES string of the molecule is N=CC(CN=Cn1c2c(c3c1C=CC(C1C=CC=C4C5C=CC=CC5SC41)C3)CCC=C2)c1ccccc1C1C=CC=CC1. The van der Waals surface area contributed by atoms with E-state index in [9.17, 15) is 0 Å². The number of fused-ring (bicyclic) bond motifs is 6. The highest BCUT2D eigenvalue weighted by Crippen LogP contribution is 2.52. The molecular weight excluding hydrogens is 555 g/mol. The summed E-state index contributed by atoms with van der Waals surface area (Å²) in [5.41, 5.74) is 9.74. The molecule has 1 aromatic carbocycles. The molecule has 4 heteroatoms. The minimum atomic E-state index is -0.0444. The summed E-state index contributed by atoms with van der Waals surface area (Å²) in [6, 6.07) is 8.62. The second-order valence-corrected chi connectivity index (χ2v) is 14.1. The maximum absolute atomic E-state index is 8.31. The van der Waals surface area contributed by atoms with E-state index >= 15 is 0 Å². The van der Waals surface area contributed by atoms with Crippen molar-refractivity contribution in [2.75, 3.05) is 6.54 Å². The van der Waals surface area contributed by atoms with Crippen LogP contribution in [0.1, 0.15) is 58.3 Å². The van der Waals surface area contributed by atoms with E-state index in [1.165, 1.54) is 33.6 Å². The third-order valence-corrected chi connectivity index (χ3v) is 12.0. The third-order valence-electron chi connectivity index (χ3n) is 10.3. The average Bonchev–Trinajstić information content (AvgIpc) is 3.63. The lowest BCUT2D eigenvalue weighted by Gasteiger charge is -2.32. The van der Waals surface area contributed by atoms with E-state index in [0.717, 1.165) is 25.7 Å². The molecule has 1 N–H and O–H groups in total. The van der Waals surface area contributed by atoms with E-state index in [-0.39, 0.29) is 5.92 Å². The minimum Gasteiger partial charge on any atom is -0.312 e. The first-order valence-electron chi connectivity index (χ1n) is 16.2. The highest BCUT2D eigenvalue weighted by atomic mass is 32.2. The van der Waals surface area contributed by atoms with Crippen LogP contribution in [0.2, 0.25) is 0 Å². The van der Waals surface area contributed by atoms with Crippen LogP contribution in [0.15, 0.2) is 114 Å². The smallest absolute Gasteiger partial charge is 0.0940 e. The van der Waals surface area contributed by atoms with Crippen molar-refractivity contribution >= 4 is 36.5 Å². The Labute approximate surface area is 265 Å². The predicted molar refractivity (Wildman–Crippen MR) is 188 cm³/mol. The van der Waals surface area contributed by atoms with Gasteiger partial charge in [-0.25, -0.2) is 0 Å². The normalized spacial score (nSPS) is 29.8. The van der Waals surface area contributed by atoms with E-state index < -0.39 is 0 Å². The van der Waals surface area contributed by atoms with Gasteiger partial charge in [0.05, 0.1) is 24.3 Å². The van der Waals surface area contributed by atoms with E-state index in [1.54, 1.807) is 11.8 Å². The summed E-state index contributed by atoms with van der Waals surface area (Å²) in [5, 5.41) is 9.44. The van der Waals surface area contributed by atoms with E-state index in [0.29, 0.717) is 40.7 Å². The third kappa shape index (κ3) is 4.84. The number of hydrogen-bond donors (Lipinski definition) is 1. The van der Waals surface area contributed by atoms with Gasteiger partial charge in [0, 0.05) is 34.5 Å². The number of nitrogens with one attached hydrogen (secondary N) is 1. The minimum absolute atomic E-state index is 0.0444. The Balaban J connectivity index is 1.05. The Bertz CT molecular complexity index is 1740. The fraction of sp³-hybridized carbons (Fsp3) is 0.300. The van der Waals surface area contributed by atoms with Gasteiger partial charge >= 0.3 is 0 Å². The van der Waals surface area contributed by atoms with Crippen molar-refractivity contribution in [1.82, 2.24) is 4.57 Å². The zero-order chi connectivity index (χ0) is 29.5. The molecule has 1 aromatic heterocycles. The number of nitrogens with zero attached hydrogens (tertiary/aromatic N) is 2. The second kappa shape index (κ2) is 11.9. The molecule has 8 rings (SSSR count). The fourth-order valence-electron chi connectivity index (χ4n) is 8.15. The van der Waals surface area contributed by atoms with Gasteiger partial charge in [-0.05, 0) is 77.5 Å². The van der Waals surface area contributed by atoms with Crippen LogP contribution >= 0.6 is 11.8 Å². The van der Waals surface area contributed by atoms with Gasteiger partial charge in [-0.3, -0.25) is 4.99 Å². The number of thioether (sulfide) groups is 1. The standard InChI is InChI=1S/C40H39N3S/c41-24-29(31-14-5-4-13-30(31)27-11-2-1-3-12-27)25-42-26-43-37-19-8-6-15-33(37)36-23-28(21-22-38(36)43)32-17-10-18-35-34-16-7-9-20-39(34)44-40(32)35/h1-5,7-11,13-14,16-22,24,26-29,32,34,39-41H,6,12,15,23,25H2. The van der Waals surface area contributed by atoms with Gasteiger partial charge in [0.25, 0.3) is 0 Å². The number of benzene rings is 1. The van der Waals surface area contributed by atoms with Crippen LogP contribution in [-0.2, 0) is 12.8 Å². The number of rotatable bonds is 7. The molecular formula is C40H39N3S. The maximum Gasteiger partial charge on any atom is 0.0940 e. The molecule has 44 heavy (non-hydrogen) atoms. The molecule has 3 nitrogen and oxygen atoms in total. The Kier molecular flexibility index (Phi) is 7.47. The largest absolute Gasteiger partial charge is 0.312 e. The highest BCUT2D eigenvalue weighted by Gasteiger charge is 2.44. The van der Waals surface area contributed by atoms with Gasteiger partial charge in [0.15, 0.2) is 0 Å². The van der Waals surface area contributed by atoms with E-state index in [1.807, 2.05) is 6.34 Å². The molecule has 0 amide bonds. The van der Waals surface area contributed by atoms with Crippen LogP contribution < -0.4 is 0 Å². The molecule has 6 aliphatic rings. The van der Waals surface area contributed by atoms with Crippen molar-refractivity contribution in [2.45, 2.75) is 48.0 Å². The van der Waals surface area contributed by atoms with E-state index in [2.05, 4.69) is 132 Å². The molecule has 2 aromatic rings. The van der Waals surface area contributed by atoms with Crippen molar-refractivity contribution in [3.63, 3.8) is 0 Å². The topological polar surface area (TPSA) is 41.1 Å². The lowest BCUT2D eigenvalue weighted by molar-refractivity contribution is 0.466. The first-order valence-corrected chi connectivity index (χ1v) is 17.2. The van der Waals surface area contributed by atoms with Gasteiger partial charge in [-0.15, -0.1) is 11.8 Å². The molecule has 220 valence electrons. The summed E-state index contributed by atoms with van der Waals surface area (Å²) >= 11 is 2.17. The van der Waals surface area contributed by atoms with E-state index in [4.69, 9.17) is 10.4 Å². The molecule has 1 aliphatic heterocycles. The van der Waals surface area contributed by atoms with Gasteiger partial charge in [-0.2, -0.15) is 0 Å². The van der Waals surface area contributed by atoms with Crippen LogP contribution in [0.5, 0.6) is 0 Å². The van der Waals surface area contributed by atoms with Crippen LogP contribution in [0.4, 0.5) is 0 Å². The van der Waals surface area contributed by atoms with Crippen LogP contribution in [0.3, 0.4) is 0 Å². The zero-order valence-corrected chi connectivity index (χ0v) is 25.8. The van der Waals surface area contributed by atoms with Crippen molar-refractivity contribution in [3.05, 3.63) is 142 Å². The predicted octanol–water partition coefficient (Wildman–Crippen LogP) is 8.88. The molecule has 0 saturated carbocycles.